The van der Waals surface area contributed by atoms with Gasteiger partial charge in [0.15, 0.2) is 11.5 Å². The topological polar surface area (TPSA) is 30.2 Å². The van der Waals surface area contributed by atoms with Gasteiger partial charge in [-0.2, -0.15) is 0 Å². The van der Waals surface area contributed by atoms with Crippen molar-refractivity contribution >= 4 is 32.3 Å². The lowest BCUT2D eigenvalue weighted by molar-refractivity contribution is 1.11. The maximum absolute atomic E-state index is 4.39. The molecule has 0 radical (unpaired) electrons. The van der Waals surface area contributed by atoms with E-state index in [0.717, 1.165) is 26.9 Å². The fourth-order valence-electron chi connectivity index (χ4n) is 2.58. The summed E-state index contributed by atoms with van der Waals surface area (Å²) in [6.45, 7) is 2.09. The van der Waals surface area contributed by atoms with E-state index in [0.29, 0.717) is 0 Å². The molecule has 2 aromatic carbocycles. The third-order valence-electron chi connectivity index (χ3n) is 3.65. The molecular weight excluding hydrogens is 326 g/mol. The van der Waals surface area contributed by atoms with Crippen molar-refractivity contribution in [3.05, 3.63) is 64.8 Å². The van der Waals surface area contributed by atoms with E-state index in [9.17, 15) is 0 Å². The second-order valence-electron chi connectivity index (χ2n) is 5.13. The Morgan fingerprint density at radius 3 is 2.57 bits per heavy atom. The number of rotatable bonds is 1. The van der Waals surface area contributed by atoms with E-state index < -0.39 is 0 Å². The Hall–Kier alpha value is -2.20. The van der Waals surface area contributed by atoms with Crippen molar-refractivity contribution in [3.8, 4) is 11.4 Å². The van der Waals surface area contributed by atoms with Crippen LogP contribution in [0.5, 0.6) is 0 Å². The molecular formula is C17H12BrN3. The number of halogens is 1. The molecule has 3 nitrogen and oxygen atoms in total. The van der Waals surface area contributed by atoms with Crippen LogP contribution in [0, 0.1) is 6.92 Å². The minimum Gasteiger partial charge on any atom is -0.282 e. The van der Waals surface area contributed by atoms with Crippen molar-refractivity contribution < 1.29 is 0 Å². The fourth-order valence-corrected chi connectivity index (χ4v) is 2.84. The number of aromatic nitrogens is 3. The van der Waals surface area contributed by atoms with Gasteiger partial charge in [0, 0.05) is 21.6 Å². The fraction of sp³-hybridized carbons (Fsp3) is 0.0588. The zero-order chi connectivity index (χ0) is 14.4. The van der Waals surface area contributed by atoms with E-state index in [-0.39, 0.29) is 0 Å². The zero-order valence-corrected chi connectivity index (χ0v) is 13.0. The molecule has 0 aliphatic carbocycles. The highest BCUT2D eigenvalue weighted by Crippen LogP contribution is 2.25. The number of benzene rings is 2. The van der Waals surface area contributed by atoms with Gasteiger partial charge in [-0.3, -0.25) is 4.40 Å². The molecule has 0 bridgehead atoms. The molecule has 0 N–H and O–H groups in total. The van der Waals surface area contributed by atoms with Crippen LogP contribution in [0.2, 0.25) is 0 Å². The van der Waals surface area contributed by atoms with Gasteiger partial charge in [-0.1, -0.05) is 45.8 Å². The summed E-state index contributed by atoms with van der Waals surface area (Å²) in [5.74, 6) is 0.862. The van der Waals surface area contributed by atoms with Crippen LogP contribution in [0.3, 0.4) is 0 Å². The Labute approximate surface area is 130 Å². The predicted octanol–water partition coefficient (Wildman–Crippen LogP) is 4.62. The molecule has 0 saturated heterocycles. The zero-order valence-electron chi connectivity index (χ0n) is 11.4. The highest BCUT2D eigenvalue weighted by Gasteiger charge is 2.10. The monoisotopic (exact) mass is 337 g/mol. The van der Waals surface area contributed by atoms with E-state index in [1.54, 1.807) is 0 Å². The van der Waals surface area contributed by atoms with Gasteiger partial charge in [0.2, 0.25) is 0 Å². The van der Waals surface area contributed by atoms with Gasteiger partial charge in [-0.05, 0) is 36.6 Å². The molecule has 0 atom stereocenters. The molecule has 102 valence electrons. The van der Waals surface area contributed by atoms with E-state index in [1.165, 1.54) is 10.9 Å². The SMILES string of the molecule is Cc1ccc2ccn3c(-c4ccc(Br)cc4)nnc3c2c1. The number of aryl methyl sites for hydroxylation is 1. The number of pyridine rings is 1. The van der Waals surface area contributed by atoms with Crippen molar-refractivity contribution in [2.24, 2.45) is 0 Å². The van der Waals surface area contributed by atoms with Gasteiger partial charge in [0.1, 0.15) is 0 Å². The van der Waals surface area contributed by atoms with Gasteiger partial charge in [-0.15, -0.1) is 10.2 Å². The highest BCUT2D eigenvalue weighted by atomic mass is 79.9. The van der Waals surface area contributed by atoms with E-state index in [1.807, 2.05) is 34.9 Å². The van der Waals surface area contributed by atoms with Gasteiger partial charge >= 0.3 is 0 Å². The van der Waals surface area contributed by atoms with Crippen molar-refractivity contribution in [3.63, 3.8) is 0 Å². The number of nitrogens with zero attached hydrogens (tertiary/aromatic N) is 3. The summed E-state index contributed by atoms with van der Waals surface area (Å²) in [4.78, 5) is 0. The van der Waals surface area contributed by atoms with Crippen LogP contribution in [0.4, 0.5) is 0 Å². The molecule has 4 heteroatoms. The lowest BCUT2D eigenvalue weighted by atomic mass is 10.1. The maximum Gasteiger partial charge on any atom is 0.168 e. The Morgan fingerprint density at radius 2 is 1.76 bits per heavy atom. The van der Waals surface area contributed by atoms with Crippen molar-refractivity contribution in [2.75, 3.05) is 0 Å². The predicted molar refractivity (Wildman–Crippen MR) is 88.4 cm³/mol. The van der Waals surface area contributed by atoms with Crippen molar-refractivity contribution in [2.45, 2.75) is 6.92 Å². The Bertz CT molecular complexity index is 955. The van der Waals surface area contributed by atoms with Crippen LogP contribution in [-0.4, -0.2) is 14.6 Å². The molecule has 0 amide bonds. The van der Waals surface area contributed by atoms with Crippen molar-refractivity contribution in [1.29, 1.82) is 0 Å². The van der Waals surface area contributed by atoms with Gasteiger partial charge in [0.25, 0.3) is 0 Å². The Balaban J connectivity index is 2.02. The summed E-state index contributed by atoms with van der Waals surface area (Å²) in [6, 6.07) is 16.6. The quantitative estimate of drug-likeness (QED) is 0.507. The molecule has 0 unspecified atom stereocenters. The smallest absolute Gasteiger partial charge is 0.168 e. The molecule has 4 aromatic rings. The van der Waals surface area contributed by atoms with Gasteiger partial charge in [0.05, 0.1) is 0 Å². The third kappa shape index (κ3) is 2.03. The largest absolute Gasteiger partial charge is 0.282 e. The first-order valence-electron chi connectivity index (χ1n) is 6.72. The summed E-state index contributed by atoms with van der Waals surface area (Å²) in [5, 5.41) is 11.1. The van der Waals surface area contributed by atoms with Crippen LogP contribution in [0.1, 0.15) is 5.56 Å². The molecule has 21 heavy (non-hydrogen) atoms. The molecule has 2 heterocycles. The minimum atomic E-state index is 0.862. The molecule has 0 saturated carbocycles. The van der Waals surface area contributed by atoms with Gasteiger partial charge in [-0.25, -0.2) is 0 Å². The highest BCUT2D eigenvalue weighted by molar-refractivity contribution is 9.10. The summed E-state index contributed by atoms with van der Waals surface area (Å²) < 4.78 is 3.10. The number of hydrogen-bond acceptors (Lipinski definition) is 2. The summed E-state index contributed by atoms with van der Waals surface area (Å²) >= 11 is 3.46. The first kappa shape index (κ1) is 12.5. The number of fused-ring (bicyclic) bond motifs is 3. The normalized spacial score (nSPS) is 11.3. The molecule has 2 aromatic heterocycles. The van der Waals surface area contributed by atoms with Crippen LogP contribution in [-0.2, 0) is 0 Å². The number of hydrogen-bond donors (Lipinski definition) is 0. The minimum absolute atomic E-state index is 0.862. The second-order valence-corrected chi connectivity index (χ2v) is 6.05. The standard InChI is InChI=1S/C17H12BrN3/c1-11-2-3-12-8-9-21-16(13-4-6-14(18)7-5-13)19-20-17(21)15(12)10-11/h2-10H,1H3. The summed E-state index contributed by atoms with van der Waals surface area (Å²) in [6.07, 6.45) is 2.03. The second kappa shape index (κ2) is 4.67. The van der Waals surface area contributed by atoms with Crippen LogP contribution >= 0.6 is 15.9 Å². The van der Waals surface area contributed by atoms with Crippen LogP contribution in [0.25, 0.3) is 27.8 Å². The van der Waals surface area contributed by atoms with E-state index >= 15 is 0 Å². The van der Waals surface area contributed by atoms with Crippen LogP contribution < -0.4 is 0 Å². The average Bonchev–Trinajstić information content (AvgIpc) is 2.92. The lowest BCUT2D eigenvalue weighted by Gasteiger charge is -2.04. The molecule has 4 rings (SSSR count). The maximum atomic E-state index is 4.39. The molecule has 0 fully saturated rings. The van der Waals surface area contributed by atoms with Crippen LogP contribution in [0.15, 0.2) is 59.2 Å². The summed E-state index contributed by atoms with van der Waals surface area (Å²) in [7, 11) is 0. The first-order chi connectivity index (χ1) is 10.2. The average molecular weight is 338 g/mol. The summed E-state index contributed by atoms with van der Waals surface area (Å²) in [5.41, 5.74) is 3.18. The Morgan fingerprint density at radius 1 is 0.952 bits per heavy atom. The molecule has 0 spiro atoms. The van der Waals surface area contributed by atoms with E-state index in [4.69, 9.17) is 0 Å². The lowest BCUT2D eigenvalue weighted by Crippen LogP contribution is -1.90. The molecule has 0 aliphatic rings. The van der Waals surface area contributed by atoms with Crippen molar-refractivity contribution in [1.82, 2.24) is 14.6 Å². The molecule has 0 aliphatic heterocycles. The van der Waals surface area contributed by atoms with E-state index in [2.05, 4.69) is 57.3 Å². The first-order valence-corrected chi connectivity index (χ1v) is 7.52. The van der Waals surface area contributed by atoms with Gasteiger partial charge < -0.3 is 0 Å². The third-order valence-corrected chi connectivity index (χ3v) is 4.18. The Kier molecular flexibility index (Phi) is 2.79.